The van der Waals surface area contributed by atoms with Crippen LogP contribution in [-0.2, 0) is 16.0 Å². The fourth-order valence-electron chi connectivity index (χ4n) is 8.10. The van der Waals surface area contributed by atoms with Crippen LogP contribution in [0.3, 0.4) is 0 Å². The number of aromatic amines is 1. The summed E-state index contributed by atoms with van der Waals surface area (Å²) in [7, 11) is 0. The first kappa shape index (κ1) is 37.9. The highest BCUT2D eigenvalue weighted by Gasteiger charge is 2.34. The fourth-order valence-corrected chi connectivity index (χ4v) is 8.53. The zero-order valence-electron chi connectivity index (χ0n) is 29.9. The first-order chi connectivity index (χ1) is 25.2. The van der Waals surface area contributed by atoms with Crippen LogP contribution in [0.2, 0.25) is 0 Å². The number of fused-ring (bicyclic) bond motifs is 1. The average molecular weight is 782 g/mol. The number of imidazole rings is 1. The van der Waals surface area contributed by atoms with Gasteiger partial charge < -0.3 is 41.2 Å². The van der Waals surface area contributed by atoms with Crippen molar-refractivity contribution < 1.29 is 19.5 Å². The number of amides is 4. The van der Waals surface area contributed by atoms with Gasteiger partial charge in [-0.1, -0.05) is 24.6 Å². The van der Waals surface area contributed by atoms with Gasteiger partial charge in [-0.3, -0.25) is 14.2 Å². The van der Waals surface area contributed by atoms with E-state index in [9.17, 15) is 24.3 Å². The third kappa shape index (κ3) is 9.18. The lowest BCUT2D eigenvalue weighted by Gasteiger charge is -2.41. The van der Waals surface area contributed by atoms with Crippen molar-refractivity contribution in [3.8, 4) is 5.75 Å². The van der Waals surface area contributed by atoms with Crippen molar-refractivity contribution >= 4 is 44.8 Å². The van der Waals surface area contributed by atoms with Crippen LogP contribution in [0.1, 0.15) is 75.8 Å². The first-order valence-corrected chi connectivity index (χ1v) is 19.8. The van der Waals surface area contributed by atoms with Crippen molar-refractivity contribution in [1.29, 1.82) is 0 Å². The second-order valence-corrected chi connectivity index (χ2v) is 15.4. The summed E-state index contributed by atoms with van der Waals surface area (Å²) in [6, 6.07) is 10.9. The van der Waals surface area contributed by atoms with Crippen molar-refractivity contribution in [1.82, 2.24) is 34.9 Å². The number of hydrogen-bond donors (Lipinski definition) is 5. The maximum absolute atomic E-state index is 14.1. The van der Waals surface area contributed by atoms with Crippen LogP contribution in [0, 0.1) is 0 Å². The quantitative estimate of drug-likeness (QED) is 0.174. The lowest BCUT2D eigenvalue weighted by molar-refractivity contribution is -0.138. The molecule has 3 aliphatic rings. The van der Waals surface area contributed by atoms with E-state index in [2.05, 4.69) is 36.4 Å². The smallest absolute Gasteiger partial charge is 0.326 e. The number of hydrogen-bond acceptors (Lipinski definition) is 7. The Bertz CT molecular complexity index is 1740. The van der Waals surface area contributed by atoms with Crippen molar-refractivity contribution in [3.63, 3.8) is 0 Å². The molecule has 1 aromatic heterocycles. The number of rotatable bonds is 12. The van der Waals surface area contributed by atoms with E-state index >= 15 is 0 Å². The van der Waals surface area contributed by atoms with Crippen molar-refractivity contribution in [2.45, 2.75) is 94.8 Å². The van der Waals surface area contributed by atoms with Gasteiger partial charge in [0.1, 0.15) is 17.8 Å². The second kappa shape index (κ2) is 17.8. The van der Waals surface area contributed by atoms with Gasteiger partial charge in [0, 0.05) is 44.7 Å². The number of halogens is 1. The molecule has 0 saturated carbocycles. The summed E-state index contributed by atoms with van der Waals surface area (Å²) < 4.78 is 2.26. The Labute approximate surface area is 313 Å². The van der Waals surface area contributed by atoms with Gasteiger partial charge in [-0.05, 0) is 123 Å². The number of para-hydroxylation sites is 2. The normalized spacial score (nSPS) is 19.0. The standard InChI is InChI=1S/C38H53BrN8O5/c39-29-24-26(11-12-34(29)48)25-32(43-37(51)46-22-15-28(16-23-46)47-33-10-3-2-8-30(33)42-38(47)52)35(49)41-31(9-4-5-17-40)36(50)45-20-13-27(14-21-45)44-18-6-1-7-19-44/h2-3,8,10-12,24,27-28,31-32,48H,1,4-7,9,13-23,25,40H2,(H,41,49)(H,42,52)(H,43,51)/t31-,32+/m0/s1. The highest BCUT2D eigenvalue weighted by molar-refractivity contribution is 9.10. The lowest BCUT2D eigenvalue weighted by Crippen LogP contribution is -2.58. The molecule has 0 unspecified atom stereocenters. The Hall–Kier alpha value is -3.88. The molecule has 0 aliphatic carbocycles. The number of benzene rings is 2. The number of unbranched alkanes of at least 4 members (excludes halogenated alkanes) is 1. The van der Waals surface area contributed by atoms with Gasteiger partial charge in [-0.25, -0.2) is 9.59 Å². The molecule has 2 atom stereocenters. The number of phenolic OH excluding ortho intramolecular Hbond substituents is 1. The molecule has 6 N–H and O–H groups in total. The van der Waals surface area contributed by atoms with Crippen LogP contribution >= 0.6 is 15.9 Å². The monoisotopic (exact) mass is 780 g/mol. The van der Waals surface area contributed by atoms with Crippen LogP contribution in [0.5, 0.6) is 5.75 Å². The van der Waals surface area contributed by atoms with Gasteiger partial charge in [0.15, 0.2) is 0 Å². The number of aromatic nitrogens is 2. The van der Waals surface area contributed by atoms with E-state index in [1.165, 1.54) is 19.3 Å². The predicted molar refractivity (Wildman–Crippen MR) is 204 cm³/mol. The van der Waals surface area contributed by atoms with Crippen LogP contribution < -0.4 is 22.1 Å². The number of nitrogens with two attached hydrogens (primary N) is 1. The number of carbonyl (C=O) groups is 3. The lowest BCUT2D eigenvalue weighted by atomic mass is 9.98. The summed E-state index contributed by atoms with van der Waals surface area (Å²) in [5, 5.41) is 16.1. The molecule has 3 fully saturated rings. The van der Waals surface area contributed by atoms with Gasteiger partial charge in [0.05, 0.1) is 15.5 Å². The molecule has 3 saturated heterocycles. The van der Waals surface area contributed by atoms with Gasteiger partial charge in [-0.15, -0.1) is 0 Å². The largest absolute Gasteiger partial charge is 0.507 e. The Balaban J connectivity index is 1.12. The Morgan fingerprint density at radius 1 is 0.865 bits per heavy atom. The minimum absolute atomic E-state index is 0.0636. The number of nitrogens with one attached hydrogen (secondary N) is 3. The maximum Gasteiger partial charge on any atom is 0.326 e. The number of urea groups is 1. The van der Waals surface area contributed by atoms with E-state index in [1.807, 2.05) is 29.2 Å². The topological polar surface area (TPSA) is 169 Å². The van der Waals surface area contributed by atoms with Crippen LogP contribution in [-0.4, -0.2) is 111 Å². The van der Waals surface area contributed by atoms with Crippen molar-refractivity contribution in [3.05, 3.63) is 63.0 Å². The van der Waals surface area contributed by atoms with Crippen molar-refractivity contribution in [2.75, 3.05) is 45.8 Å². The molecule has 0 bridgehead atoms. The molecule has 13 nitrogen and oxygen atoms in total. The summed E-state index contributed by atoms with van der Waals surface area (Å²) in [6.07, 6.45) is 8.82. The average Bonchev–Trinajstić information content (AvgIpc) is 3.51. The third-order valence-electron chi connectivity index (χ3n) is 11.1. The number of phenols is 1. The van der Waals surface area contributed by atoms with Crippen molar-refractivity contribution in [2.24, 2.45) is 5.73 Å². The van der Waals surface area contributed by atoms with Gasteiger partial charge >= 0.3 is 11.7 Å². The van der Waals surface area contributed by atoms with Crippen LogP contribution in [0.15, 0.2) is 51.7 Å². The number of aromatic hydroxyl groups is 1. The molecule has 6 rings (SSSR count). The number of H-pyrrole nitrogens is 1. The van der Waals surface area contributed by atoms with Crippen LogP contribution in [0.4, 0.5) is 4.79 Å². The Morgan fingerprint density at radius 3 is 2.27 bits per heavy atom. The minimum atomic E-state index is -0.979. The number of nitrogens with zero attached hydrogens (tertiary/aromatic N) is 4. The van der Waals surface area contributed by atoms with E-state index in [0.717, 1.165) is 48.9 Å². The van der Waals surface area contributed by atoms with E-state index in [0.29, 0.717) is 68.9 Å². The number of carbonyl (C=O) groups excluding carboxylic acids is 3. The highest BCUT2D eigenvalue weighted by atomic mass is 79.9. The van der Waals surface area contributed by atoms with E-state index < -0.39 is 18.0 Å². The molecule has 52 heavy (non-hydrogen) atoms. The summed E-state index contributed by atoms with van der Waals surface area (Å²) in [5.41, 5.74) is 7.98. The molecule has 3 aromatic rings. The zero-order valence-corrected chi connectivity index (χ0v) is 31.5. The molecule has 282 valence electrons. The van der Waals surface area contributed by atoms with E-state index in [-0.39, 0.29) is 35.8 Å². The third-order valence-corrected chi connectivity index (χ3v) is 11.7. The maximum atomic E-state index is 14.1. The summed E-state index contributed by atoms with van der Waals surface area (Å²) in [6.45, 7) is 4.89. The fraction of sp³-hybridized carbons (Fsp3) is 0.579. The molecule has 0 spiro atoms. The second-order valence-electron chi connectivity index (χ2n) is 14.5. The van der Waals surface area contributed by atoms with Crippen LogP contribution in [0.25, 0.3) is 11.0 Å². The first-order valence-electron chi connectivity index (χ1n) is 19.0. The molecular formula is C38H53BrN8O5. The highest BCUT2D eigenvalue weighted by Crippen LogP contribution is 2.27. The van der Waals surface area contributed by atoms with Gasteiger partial charge in [0.2, 0.25) is 11.8 Å². The molecule has 3 aliphatic heterocycles. The summed E-state index contributed by atoms with van der Waals surface area (Å²) in [5.74, 6) is -0.456. The number of piperidine rings is 3. The SMILES string of the molecule is NCCCC[C@H](NC(=O)[C@@H](Cc1ccc(O)c(Br)c1)NC(=O)N1CCC(n2c(=O)[nH]c3ccccc32)CC1)C(=O)N1CCC(N2CCCCC2)CC1. The molecule has 0 radical (unpaired) electrons. The minimum Gasteiger partial charge on any atom is -0.507 e. The molecule has 2 aromatic carbocycles. The number of likely N-dealkylation sites (tertiary alicyclic amines) is 3. The van der Waals surface area contributed by atoms with Gasteiger partial charge in [-0.2, -0.15) is 0 Å². The Kier molecular flexibility index (Phi) is 12.9. The van der Waals surface area contributed by atoms with Gasteiger partial charge in [0.25, 0.3) is 0 Å². The van der Waals surface area contributed by atoms with E-state index in [4.69, 9.17) is 5.73 Å². The molecule has 4 heterocycles. The predicted octanol–water partition coefficient (Wildman–Crippen LogP) is 3.85. The molecule has 14 heteroatoms. The molecular weight excluding hydrogens is 728 g/mol. The zero-order chi connectivity index (χ0) is 36.6. The molecule has 4 amide bonds. The van der Waals surface area contributed by atoms with E-state index in [1.54, 1.807) is 27.7 Å². The summed E-state index contributed by atoms with van der Waals surface area (Å²) >= 11 is 3.36. The Morgan fingerprint density at radius 2 is 1.56 bits per heavy atom. The summed E-state index contributed by atoms with van der Waals surface area (Å²) in [4.78, 5) is 63.7.